The van der Waals surface area contributed by atoms with Gasteiger partial charge in [-0.3, -0.25) is 4.79 Å². The second-order valence-corrected chi connectivity index (χ2v) is 10.0. The van der Waals surface area contributed by atoms with Crippen molar-refractivity contribution in [1.82, 2.24) is 0 Å². The Morgan fingerprint density at radius 1 is 1.04 bits per heavy atom. The zero-order valence-electron chi connectivity index (χ0n) is 15.4. The Bertz CT molecular complexity index is 506. The lowest BCUT2D eigenvalue weighted by Crippen LogP contribution is -2.53. The van der Waals surface area contributed by atoms with E-state index < -0.39 is 0 Å². The summed E-state index contributed by atoms with van der Waals surface area (Å²) >= 11 is 5.62. The van der Waals surface area contributed by atoms with E-state index in [1.165, 1.54) is 51.4 Å². The summed E-state index contributed by atoms with van der Waals surface area (Å²) in [5, 5.41) is 0. The van der Waals surface area contributed by atoms with Crippen LogP contribution in [0.1, 0.15) is 78.1 Å². The average molecular weight is 353 g/mol. The molecule has 0 unspecified atom stereocenters. The van der Waals surface area contributed by atoms with Crippen molar-refractivity contribution in [1.29, 1.82) is 0 Å². The summed E-state index contributed by atoms with van der Waals surface area (Å²) in [4.78, 5) is 11.6. The minimum Gasteiger partial charge on any atom is -0.461 e. The number of ether oxygens (including phenoxy) is 1. The maximum atomic E-state index is 11.6. The molecule has 0 heterocycles. The van der Waals surface area contributed by atoms with Crippen LogP contribution in [0.4, 0.5) is 0 Å². The summed E-state index contributed by atoms with van der Waals surface area (Å²) < 4.78 is 5.59. The van der Waals surface area contributed by atoms with Crippen molar-refractivity contribution < 1.29 is 9.53 Å². The van der Waals surface area contributed by atoms with Crippen LogP contribution in [0.25, 0.3) is 0 Å². The molecule has 0 bridgehead atoms. The molecule has 3 heteroatoms. The summed E-state index contributed by atoms with van der Waals surface area (Å²) in [5.74, 6) is 3.36. The fourth-order valence-electron chi connectivity index (χ4n) is 7.54. The molecule has 0 radical (unpaired) electrons. The van der Waals surface area contributed by atoms with Crippen LogP contribution in [-0.4, -0.2) is 18.0 Å². The molecule has 7 atom stereocenters. The van der Waals surface area contributed by atoms with Gasteiger partial charge >= 0.3 is 5.97 Å². The largest absolute Gasteiger partial charge is 0.461 e. The molecule has 2 nitrogen and oxygen atoms in total. The van der Waals surface area contributed by atoms with Crippen molar-refractivity contribution in [2.75, 3.05) is 5.88 Å². The van der Waals surface area contributed by atoms with Gasteiger partial charge in [-0.2, -0.15) is 0 Å². The average Bonchev–Trinajstić information content (AvgIpc) is 2.97. The Morgan fingerprint density at radius 3 is 2.67 bits per heavy atom. The van der Waals surface area contributed by atoms with E-state index in [1.807, 2.05) is 0 Å². The Labute approximate surface area is 152 Å². The summed E-state index contributed by atoms with van der Waals surface area (Å²) in [6, 6.07) is 0. The third-order valence-electron chi connectivity index (χ3n) is 8.81. The molecule has 0 aromatic rings. The number of hydrogen-bond donors (Lipinski definition) is 0. The van der Waals surface area contributed by atoms with Crippen LogP contribution in [0, 0.1) is 34.5 Å². The molecule has 4 saturated carbocycles. The molecule has 0 amide bonds. The van der Waals surface area contributed by atoms with E-state index in [1.54, 1.807) is 0 Å². The summed E-state index contributed by atoms with van der Waals surface area (Å²) in [6.07, 6.45) is 13.5. The maximum Gasteiger partial charge on any atom is 0.321 e. The third kappa shape index (κ3) is 2.63. The van der Waals surface area contributed by atoms with Crippen LogP contribution in [0.15, 0.2) is 0 Å². The predicted molar refractivity (Wildman–Crippen MR) is 96.9 cm³/mol. The first-order valence-corrected chi connectivity index (χ1v) is 10.8. The molecular formula is C21H33ClO2. The van der Waals surface area contributed by atoms with Crippen molar-refractivity contribution in [3.05, 3.63) is 0 Å². The molecule has 0 spiro atoms. The molecule has 136 valence electrons. The minimum atomic E-state index is -0.238. The monoisotopic (exact) mass is 352 g/mol. The van der Waals surface area contributed by atoms with E-state index >= 15 is 0 Å². The van der Waals surface area contributed by atoms with Crippen LogP contribution in [0.2, 0.25) is 0 Å². The Balaban J connectivity index is 1.49. The van der Waals surface area contributed by atoms with E-state index in [4.69, 9.17) is 16.3 Å². The SMILES string of the molecule is C[C@]12CCC[C@@H]1[C@@H]1CC[C@H]3C[C@H](OC(=O)CCl)CC[C@]3(C)[C@H]1CC2. The van der Waals surface area contributed by atoms with Crippen molar-refractivity contribution in [2.24, 2.45) is 34.5 Å². The van der Waals surface area contributed by atoms with E-state index in [2.05, 4.69) is 13.8 Å². The second kappa shape index (κ2) is 6.18. The molecular weight excluding hydrogens is 320 g/mol. The summed E-state index contributed by atoms with van der Waals surface area (Å²) in [7, 11) is 0. The van der Waals surface area contributed by atoms with Gasteiger partial charge < -0.3 is 4.74 Å². The molecule has 24 heavy (non-hydrogen) atoms. The van der Waals surface area contributed by atoms with Gasteiger partial charge in [-0.05, 0) is 92.3 Å². The maximum absolute atomic E-state index is 11.6. The van der Waals surface area contributed by atoms with E-state index in [9.17, 15) is 4.79 Å². The van der Waals surface area contributed by atoms with Gasteiger partial charge in [-0.15, -0.1) is 11.6 Å². The lowest BCUT2D eigenvalue weighted by atomic mass is 9.45. The first kappa shape index (κ1) is 17.2. The van der Waals surface area contributed by atoms with Gasteiger partial charge in [0, 0.05) is 0 Å². The Morgan fingerprint density at radius 2 is 1.88 bits per heavy atom. The molecule has 4 fully saturated rings. The van der Waals surface area contributed by atoms with Crippen LogP contribution < -0.4 is 0 Å². The third-order valence-corrected chi connectivity index (χ3v) is 9.02. The van der Waals surface area contributed by atoms with Crippen molar-refractivity contribution in [2.45, 2.75) is 84.2 Å². The second-order valence-electron chi connectivity index (χ2n) is 9.76. The zero-order chi connectivity index (χ0) is 16.9. The lowest BCUT2D eigenvalue weighted by molar-refractivity contribution is -0.158. The van der Waals surface area contributed by atoms with Gasteiger partial charge in [0.25, 0.3) is 0 Å². The quantitative estimate of drug-likeness (QED) is 0.479. The van der Waals surface area contributed by atoms with Crippen molar-refractivity contribution in [3.8, 4) is 0 Å². The van der Waals surface area contributed by atoms with Gasteiger partial charge in [0.2, 0.25) is 0 Å². The number of fused-ring (bicyclic) bond motifs is 5. The normalized spacial score (nSPS) is 50.5. The summed E-state index contributed by atoms with van der Waals surface area (Å²) in [6.45, 7) is 5.16. The Kier molecular flexibility index (Phi) is 4.43. The molecule has 0 N–H and O–H groups in total. The first-order chi connectivity index (χ1) is 11.5. The smallest absolute Gasteiger partial charge is 0.321 e. The Hall–Kier alpha value is -0.240. The molecule has 0 saturated heterocycles. The fraction of sp³-hybridized carbons (Fsp3) is 0.952. The number of carbonyl (C=O) groups excluding carboxylic acids is 1. The summed E-state index contributed by atoms with van der Waals surface area (Å²) in [5.41, 5.74) is 1.13. The van der Waals surface area contributed by atoms with Gasteiger partial charge in [0.1, 0.15) is 12.0 Å². The number of hydrogen-bond acceptors (Lipinski definition) is 2. The van der Waals surface area contributed by atoms with Crippen LogP contribution in [-0.2, 0) is 9.53 Å². The molecule has 4 aliphatic rings. The number of rotatable bonds is 2. The van der Waals surface area contributed by atoms with E-state index in [-0.39, 0.29) is 18.0 Å². The topological polar surface area (TPSA) is 26.3 Å². The number of alkyl halides is 1. The van der Waals surface area contributed by atoms with Gasteiger partial charge in [0.15, 0.2) is 0 Å². The lowest BCUT2D eigenvalue weighted by Gasteiger charge is -2.60. The fourth-order valence-corrected chi connectivity index (χ4v) is 7.60. The van der Waals surface area contributed by atoms with Gasteiger partial charge in [-0.1, -0.05) is 20.3 Å². The highest BCUT2D eigenvalue weighted by Gasteiger charge is 2.58. The highest BCUT2D eigenvalue weighted by Crippen LogP contribution is 2.66. The van der Waals surface area contributed by atoms with Gasteiger partial charge in [-0.25, -0.2) is 0 Å². The molecule has 0 aromatic heterocycles. The number of carbonyl (C=O) groups is 1. The van der Waals surface area contributed by atoms with Crippen molar-refractivity contribution >= 4 is 17.6 Å². The van der Waals surface area contributed by atoms with Gasteiger partial charge in [0.05, 0.1) is 0 Å². The number of esters is 1. The van der Waals surface area contributed by atoms with Crippen LogP contribution in [0.3, 0.4) is 0 Å². The van der Waals surface area contributed by atoms with Crippen molar-refractivity contribution in [3.63, 3.8) is 0 Å². The van der Waals surface area contributed by atoms with Crippen LogP contribution >= 0.6 is 11.6 Å². The number of halogens is 1. The molecule has 0 aromatic carbocycles. The highest BCUT2D eigenvalue weighted by molar-refractivity contribution is 6.26. The highest BCUT2D eigenvalue weighted by atomic mass is 35.5. The molecule has 4 rings (SSSR count). The standard InChI is InChI=1S/C21H33ClO2/c1-20-9-3-4-17(20)16-6-5-14-12-15(24-19(23)13-22)7-11-21(14,2)18(16)8-10-20/h14-18H,3-13H2,1-2H3/t14-,15+,16-,17+,18-,20+,21-/m0/s1. The molecule has 4 aliphatic carbocycles. The predicted octanol–water partition coefficient (Wildman–Crippen LogP) is 5.57. The van der Waals surface area contributed by atoms with Crippen LogP contribution in [0.5, 0.6) is 0 Å². The first-order valence-electron chi connectivity index (χ1n) is 10.2. The minimum absolute atomic E-state index is 0.0105. The molecule has 0 aliphatic heterocycles. The van der Waals surface area contributed by atoms with E-state index in [0.29, 0.717) is 10.8 Å². The zero-order valence-corrected chi connectivity index (χ0v) is 16.1. The van der Waals surface area contributed by atoms with E-state index in [0.717, 1.165) is 36.5 Å².